The molecular weight excluding hydrogens is 210 g/mol. The normalized spacial score (nSPS) is 11.9. The number of ether oxygens (including phenoxy) is 2. The van der Waals surface area contributed by atoms with Gasteiger partial charge in [0.05, 0.1) is 20.6 Å². The number of nitrogens with two attached hydrogens (primary N) is 1. The topological polar surface area (TPSA) is 70.8 Å². The molecule has 1 atom stereocenters. The Labute approximate surface area is 94.1 Å². The zero-order chi connectivity index (χ0) is 12.0. The maximum absolute atomic E-state index is 11.2. The summed E-state index contributed by atoms with van der Waals surface area (Å²) < 4.78 is 9.72. The summed E-state index contributed by atoms with van der Waals surface area (Å²) in [5.74, 6) is 5.41. The lowest BCUT2D eigenvalue weighted by molar-refractivity contribution is -0.144. The van der Waals surface area contributed by atoms with Crippen LogP contribution in [0.15, 0.2) is 24.3 Å². The maximum atomic E-state index is 11.2. The van der Waals surface area contributed by atoms with Crippen LogP contribution in [-0.2, 0) is 14.4 Å². The van der Waals surface area contributed by atoms with Gasteiger partial charge in [0.1, 0.15) is 11.9 Å². The highest BCUT2D eigenvalue weighted by Crippen LogP contribution is 2.28. The standard InChI is InChI=1S/C11H15NO4/c1-14-9-6-4-3-5-8(9)10(16-12)7-11(13)15-2/h3-6,10H,7,12H2,1-2H3. The molecule has 0 amide bonds. The first kappa shape index (κ1) is 12.5. The van der Waals surface area contributed by atoms with Crippen LogP contribution in [0.2, 0.25) is 0 Å². The predicted octanol–water partition coefficient (Wildman–Crippen LogP) is 1.19. The fourth-order valence-corrected chi connectivity index (χ4v) is 1.40. The molecule has 16 heavy (non-hydrogen) atoms. The SMILES string of the molecule is COC(=O)CC(ON)c1ccccc1OC. The molecule has 0 saturated heterocycles. The first-order valence-corrected chi connectivity index (χ1v) is 4.78. The summed E-state index contributed by atoms with van der Waals surface area (Å²) in [6, 6.07) is 7.22. The van der Waals surface area contributed by atoms with Crippen molar-refractivity contribution in [2.24, 2.45) is 5.90 Å². The van der Waals surface area contributed by atoms with Crippen LogP contribution < -0.4 is 10.6 Å². The molecule has 1 aromatic carbocycles. The molecule has 5 nitrogen and oxygen atoms in total. The zero-order valence-corrected chi connectivity index (χ0v) is 9.30. The molecule has 0 aliphatic rings. The number of esters is 1. The van der Waals surface area contributed by atoms with Crippen molar-refractivity contribution in [3.63, 3.8) is 0 Å². The molecule has 0 saturated carbocycles. The molecule has 0 bridgehead atoms. The Morgan fingerprint density at radius 2 is 2.06 bits per heavy atom. The average Bonchev–Trinajstić information content (AvgIpc) is 2.35. The molecule has 0 aliphatic heterocycles. The van der Waals surface area contributed by atoms with Crippen molar-refractivity contribution in [2.45, 2.75) is 12.5 Å². The smallest absolute Gasteiger partial charge is 0.308 e. The van der Waals surface area contributed by atoms with Gasteiger partial charge < -0.3 is 9.47 Å². The number of hydrogen-bond donors (Lipinski definition) is 1. The third-order valence-corrected chi connectivity index (χ3v) is 2.23. The Bertz CT molecular complexity index is 354. The van der Waals surface area contributed by atoms with E-state index in [-0.39, 0.29) is 12.4 Å². The second-order valence-electron chi connectivity index (χ2n) is 3.15. The van der Waals surface area contributed by atoms with Gasteiger partial charge in [-0.2, -0.15) is 0 Å². The van der Waals surface area contributed by atoms with Crippen LogP contribution >= 0.6 is 0 Å². The van der Waals surface area contributed by atoms with E-state index in [9.17, 15) is 4.79 Å². The van der Waals surface area contributed by atoms with Crippen molar-refractivity contribution in [2.75, 3.05) is 14.2 Å². The molecule has 5 heteroatoms. The summed E-state index contributed by atoms with van der Waals surface area (Å²) in [7, 11) is 2.86. The maximum Gasteiger partial charge on any atom is 0.308 e. The molecule has 1 unspecified atom stereocenters. The van der Waals surface area contributed by atoms with Gasteiger partial charge in [0, 0.05) is 5.56 Å². The Hall–Kier alpha value is -1.59. The predicted molar refractivity (Wildman–Crippen MR) is 57.6 cm³/mol. The fourth-order valence-electron chi connectivity index (χ4n) is 1.40. The number of carbonyl (C=O) groups excluding carboxylic acids is 1. The van der Waals surface area contributed by atoms with Gasteiger partial charge in [0.25, 0.3) is 0 Å². The summed E-state index contributed by atoms with van der Waals surface area (Å²) in [6.07, 6.45) is -0.517. The van der Waals surface area contributed by atoms with Crippen molar-refractivity contribution < 1.29 is 19.1 Å². The quantitative estimate of drug-likeness (QED) is 0.602. The van der Waals surface area contributed by atoms with Gasteiger partial charge in [0.2, 0.25) is 0 Å². The summed E-state index contributed by atoms with van der Waals surface area (Å²) in [6.45, 7) is 0. The van der Waals surface area contributed by atoms with Gasteiger partial charge in [-0.1, -0.05) is 18.2 Å². The van der Waals surface area contributed by atoms with Crippen molar-refractivity contribution in [1.29, 1.82) is 0 Å². The summed E-state index contributed by atoms with van der Waals surface area (Å²) >= 11 is 0. The van der Waals surface area contributed by atoms with E-state index >= 15 is 0 Å². The Morgan fingerprint density at radius 3 is 2.62 bits per heavy atom. The van der Waals surface area contributed by atoms with Crippen molar-refractivity contribution in [3.05, 3.63) is 29.8 Å². The Morgan fingerprint density at radius 1 is 1.38 bits per heavy atom. The second-order valence-corrected chi connectivity index (χ2v) is 3.15. The second kappa shape index (κ2) is 6.09. The highest BCUT2D eigenvalue weighted by atomic mass is 16.6. The van der Waals surface area contributed by atoms with E-state index < -0.39 is 6.10 Å². The van der Waals surface area contributed by atoms with Crippen molar-refractivity contribution in [3.8, 4) is 5.75 Å². The molecule has 2 N–H and O–H groups in total. The molecule has 1 aromatic rings. The Balaban J connectivity index is 2.89. The number of carbonyl (C=O) groups is 1. The number of methoxy groups -OCH3 is 2. The van der Waals surface area contributed by atoms with Gasteiger partial charge in [-0.25, -0.2) is 5.90 Å². The van der Waals surface area contributed by atoms with Crippen LogP contribution in [0.1, 0.15) is 18.1 Å². The van der Waals surface area contributed by atoms with Crippen molar-refractivity contribution in [1.82, 2.24) is 0 Å². The largest absolute Gasteiger partial charge is 0.496 e. The Kier molecular flexibility index (Phi) is 4.75. The third kappa shape index (κ3) is 2.95. The summed E-state index contributed by atoms with van der Waals surface area (Å²) in [5.41, 5.74) is 0.720. The zero-order valence-electron chi connectivity index (χ0n) is 9.30. The lowest BCUT2D eigenvalue weighted by atomic mass is 10.1. The molecular formula is C11H15NO4. The molecule has 0 heterocycles. The molecule has 0 spiro atoms. The molecule has 88 valence electrons. The van der Waals surface area contributed by atoms with Crippen molar-refractivity contribution >= 4 is 5.97 Å². The molecule has 0 aliphatic carbocycles. The molecule has 1 rings (SSSR count). The van der Waals surface area contributed by atoms with Crippen LogP contribution in [0.4, 0.5) is 0 Å². The fraction of sp³-hybridized carbons (Fsp3) is 0.364. The first-order chi connectivity index (χ1) is 7.72. The number of rotatable bonds is 5. The van der Waals surface area contributed by atoms with Crippen LogP contribution in [0.5, 0.6) is 5.75 Å². The number of benzene rings is 1. The summed E-state index contributed by atoms with van der Waals surface area (Å²) in [5, 5.41) is 0. The number of hydrogen-bond acceptors (Lipinski definition) is 5. The van der Waals surface area contributed by atoms with Crippen LogP contribution in [0, 0.1) is 0 Å². The van der Waals surface area contributed by atoms with Gasteiger partial charge in [0.15, 0.2) is 0 Å². The number of para-hydroxylation sites is 1. The minimum absolute atomic E-state index is 0.0490. The van der Waals surface area contributed by atoms with Gasteiger partial charge in [-0.05, 0) is 6.07 Å². The van der Waals surface area contributed by atoms with E-state index in [0.717, 1.165) is 5.56 Å². The van der Waals surface area contributed by atoms with E-state index in [1.165, 1.54) is 7.11 Å². The minimum atomic E-state index is -0.566. The lowest BCUT2D eigenvalue weighted by Crippen LogP contribution is -2.15. The molecule has 0 radical (unpaired) electrons. The van der Waals surface area contributed by atoms with Gasteiger partial charge in [-0.3, -0.25) is 9.63 Å². The highest BCUT2D eigenvalue weighted by Gasteiger charge is 2.19. The first-order valence-electron chi connectivity index (χ1n) is 4.78. The van der Waals surface area contributed by atoms with Gasteiger partial charge in [-0.15, -0.1) is 0 Å². The van der Waals surface area contributed by atoms with E-state index in [1.54, 1.807) is 19.2 Å². The van der Waals surface area contributed by atoms with Crippen LogP contribution in [0.25, 0.3) is 0 Å². The lowest BCUT2D eigenvalue weighted by Gasteiger charge is -2.16. The van der Waals surface area contributed by atoms with E-state index in [1.807, 2.05) is 12.1 Å². The van der Waals surface area contributed by atoms with E-state index in [4.69, 9.17) is 15.5 Å². The molecule has 0 aromatic heterocycles. The van der Waals surface area contributed by atoms with Crippen LogP contribution in [0.3, 0.4) is 0 Å². The molecule has 0 fully saturated rings. The highest BCUT2D eigenvalue weighted by molar-refractivity contribution is 5.70. The van der Waals surface area contributed by atoms with Gasteiger partial charge >= 0.3 is 5.97 Å². The van der Waals surface area contributed by atoms with Crippen LogP contribution in [-0.4, -0.2) is 20.2 Å². The average molecular weight is 225 g/mol. The third-order valence-electron chi connectivity index (χ3n) is 2.23. The summed E-state index contributed by atoms with van der Waals surface area (Å²) in [4.78, 5) is 15.9. The minimum Gasteiger partial charge on any atom is -0.496 e. The van der Waals surface area contributed by atoms with E-state index in [2.05, 4.69) is 4.74 Å². The van der Waals surface area contributed by atoms with E-state index in [0.29, 0.717) is 5.75 Å². The monoisotopic (exact) mass is 225 g/mol.